The third kappa shape index (κ3) is 2.30. The maximum absolute atomic E-state index is 11.0. The molecule has 1 aliphatic rings. The van der Waals surface area contributed by atoms with Gasteiger partial charge in [-0.1, -0.05) is 0 Å². The van der Waals surface area contributed by atoms with Crippen molar-refractivity contribution in [1.29, 1.82) is 0 Å². The predicted octanol–water partition coefficient (Wildman–Crippen LogP) is -2.00. The second kappa shape index (κ2) is 4.89. The fourth-order valence-electron chi connectivity index (χ4n) is 1.77. The normalized spacial score (nSPS) is 32.9. The van der Waals surface area contributed by atoms with Crippen LogP contribution in [-0.2, 0) is 4.74 Å². The average Bonchev–Trinajstić information content (AvgIpc) is 2.87. The number of nitrogens with two attached hydrogens (primary N) is 1. The average molecular weight is 306 g/mol. The summed E-state index contributed by atoms with van der Waals surface area (Å²) in [5, 5.41) is 28.3. The topological polar surface area (TPSA) is 113 Å². The Bertz CT molecular complexity index is 421. The number of rotatable bonds is 3. The Balaban J connectivity index is 2.19. The van der Waals surface area contributed by atoms with Crippen LogP contribution >= 0.6 is 0 Å². The molecule has 1 amide bonds. The standard InChI is InChI=1S/C10H13NO5Se/c11-10(15)4-1-6(17-3-4)9-8(14)7(13)5(2-12)16-9/h1,3,5,7-9,12-14H,2H2,(H2,11,15)/t5-,7-,8-,9+/m1/s1. The molecular weight excluding hydrogens is 293 g/mol. The zero-order chi connectivity index (χ0) is 12.6. The number of hydrogen-bond donors (Lipinski definition) is 4. The third-order valence-electron chi connectivity index (χ3n) is 2.73. The molecule has 1 fully saturated rings. The molecule has 94 valence electrons. The first kappa shape index (κ1) is 12.8. The maximum atomic E-state index is 11.0. The minimum atomic E-state index is -1.11. The number of primary amides is 1. The molecule has 6 nitrogen and oxygen atoms in total. The zero-order valence-corrected chi connectivity index (χ0v) is 10.5. The van der Waals surface area contributed by atoms with Gasteiger partial charge in [-0.2, -0.15) is 0 Å². The van der Waals surface area contributed by atoms with Crippen LogP contribution in [0.1, 0.15) is 20.9 Å². The first-order valence-corrected chi connectivity index (χ1v) is 6.90. The molecule has 1 aromatic rings. The minimum absolute atomic E-state index is 0.125. The Hall–Kier alpha value is -0.691. The van der Waals surface area contributed by atoms with E-state index in [2.05, 4.69) is 0 Å². The van der Waals surface area contributed by atoms with Crippen LogP contribution in [-0.4, -0.2) is 60.6 Å². The van der Waals surface area contributed by atoms with E-state index in [-0.39, 0.29) is 21.1 Å². The third-order valence-corrected chi connectivity index (χ3v) is 4.81. The Labute approximate surface area is 103 Å². The molecule has 5 N–H and O–H groups in total. The van der Waals surface area contributed by atoms with Gasteiger partial charge in [0, 0.05) is 0 Å². The van der Waals surface area contributed by atoms with Gasteiger partial charge in [0.05, 0.1) is 0 Å². The van der Waals surface area contributed by atoms with Gasteiger partial charge < -0.3 is 0 Å². The van der Waals surface area contributed by atoms with Crippen molar-refractivity contribution in [3.8, 4) is 0 Å². The number of hydrogen-bond acceptors (Lipinski definition) is 5. The molecule has 1 aromatic heterocycles. The van der Waals surface area contributed by atoms with Gasteiger partial charge in [0.15, 0.2) is 0 Å². The fraction of sp³-hybridized carbons (Fsp3) is 0.500. The van der Waals surface area contributed by atoms with Crippen molar-refractivity contribution in [2.24, 2.45) is 5.73 Å². The molecule has 0 unspecified atom stereocenters. The van der Waals surface area contributed by atoms with E-state index in [1.54, 1.807) is 11.0 Å². The van der Waals surface area contributed by atoms with Gasteiger partial charge >= 0.3 is 103 Å². The van der Waals surface area contributed by atoms with Crippen molar-refractivity contribution < 1.29 is 24.9 Å². The molecule has 0 aromatic carbocycles. The van der Waals surface area contributed by atoms with Crippen LogP contribution in [0, 0.1) is 0 Å². The zero-order valence-electron chi connectivity index (χ0n) is 8.81. The van der Waals surface area contributed by atoms with Crippen molar-refractivity contribution in [1.82, 2.24) is 0 Å². The van der Waals surface area contributed by atoms with E-state index in [0.29, 0.717) is 5.56 Å². The number of aliphatic hydroxyl groups is 3. The molecule has 2 heterocycles. The molecule has 0 bridgehead atoms. The Kier molecular flexibility index (Phi) is 3.67. The Morgan fingerprint density at radius 1 is 1.47 bits per heavy atom. The van der Waals surface area contributed by atoms with E-state index in [0.717, 1.165) is 4.44 Å². The van der Waals surface area contributed by atoms with E-state index < -0.39 is 30.3 Å². The van der Waals surface area contributed by atoms with E-state index in [4.69, 9.17) is 15.6 Å². The first-order valence-electron chi connectivity index (χ1n) is 5.05. The summed E-state index contributed by atoms with van der Waals surface area (Å²) < 4.78 is 6.10. The fourth-order valence-corrected chi connectivity index (χ4v) is 3.80. The van der Waals surface area contributed by atoms with Gasteiger partial charge in [-0.15, -0.1) is 0 Å². The number of carbonyl (C=O) groups is 1. The number of aliphatic hydroxyl groups excluding tert-OH is 3. The van der Waals surface area contributed by atoms with Gasteiger partial charge in [0.25, 0.3) is 0 Å². The predicted molar refractivity (Wildman–Crippen MR) is 58.6 cm³/mol. The van der Waals surface area contributed by atoms with E-state index in [1.807, 2.05) is 0 Å². The van der Waals surface area contributed by atoms with Gasteiger partial charge in [-0.05, 0) is 0 Å². The molecule has 7 heteroatoms. The van der Waals surface area contributed by atoms with Gasteiger partial charge in [0.2, 0.25) is 0 Å². The second-order valence-corrected chi connectivity index (χ2v) is 5.84. The van der Waals surface area contributed by atoms with Crippen LogP contribution in [0.15, 0.2) is 11.0 Å². The summed E-state index contributed by atoms with van der Waals surface area (Å²) >= 11 is -0.125. The van der Waals surface area contributed by atoms with Crippen LogP contribution in [0.5, 0.6) is 0 Å². The molecule has 0 aliphatic carbocycles. The summed E-state index contributed by atoms with van der Waals surface area (Å²) in [5.41, 5.74) is 5.54. The first-order chi connectivity index (χ1) is 8.04. The van der Waals surface area contributed by atoms with Crippen LogP contribution < -0.4 is 5.73 Å². The summed E-state index contributed by atoms with van der Waals surface area (Å²) in [6.45, 7) is -0.356. The summed E-state index contributed by atoms with van der Waals surface area (Å²) in [5.74, 6) is -0.520. The van der Waals surface area contributed by atoms with Crippen molar-refractivity contribution in [2.75, 3.05) is 6.61 Å². The van der Waals surface area contributed by atoms with Crippen molar-refractivity contribution in [3.05, 3.63) is 21.0 Å². The van der Waals surface area contributed by atoms with Crippen molar-refractivity contribution in [2.45, 2.75) is 24.4 Å². The molecular formula is C10H13NO5Se. The van der Waals surface area contributed by atoms with Crippen LogP contribution in [0.3, 0.4) is 0 Å². The quantitative estimate of drug-likeness (QED) is 0.482. The van der Waals surface area contributed by atoms with Crippen molar-refractivity contribution >= 4 is 20.4 Å². The van der Waals surface area contributed by atoms with Crippen LogP contribution in [0.25, 0.3) is 0 Å². The molecule has 17 heavy (non-hydrogen) atoms. The number of amides is 1. The molecule has 0 saturated carbocycles. The van der Waals surface area contributed by atoms with Crippen molar-refractivity contribution in [3.63, 3.8) is 0 Å². The van der Waals surface area contributed by atoms with Gasteiger partial charge in [-0.3, -0.25) is 0 Å². The monoisotopic (exact) mass is 307 g/mol. The molecule has 2 rings (SSSR count). The molecule has 0 radical (unpaired) electrons. The summed E-state index contributed by atoms with van der Waals surface area (Å²) in [4.78, 5) is 12.7. The van der Waals surface area contributed by atoms with E-state index in [9.17, 15) is 15.0 Å². The molecule has 0 spiro atoms. The Morgan fingerprint density at radius 3 is 2.65 bits per heavy atom. The number of ether oxygens (including phenoxy) is 1. The summed E-state index contributed by atoms with van der Waals surface area (Å²) in [7, 11) is 0. The van der Waals surface area contributed by atoms with Gasteiger partial charge in [-0.25, -0.2) is 0 Å². The van der Waals surface area contributed by atoms with Crippen LogP contribution in [0.2, 0.25) is 0 Å². The summed E-state index contributed by atoms with van der Waals surface area (Å²) in [6.07, 6.45) is -3.65. The van der Waals surface area contributed by atoms with E-state index in [1.165, 1.54) is 0 Å². The second-order valence-electron chi connectivity index (χ2n) is 3.86. The van der Waals surface area contributed by atoms with Gasteiger partial charge in [0.1, 0.15) is 0 Å². The SMILES string of the molecule is NC(=O)c1c[se]c([C@@H]2O[C@H](CO)[C@@H](O)[C@H]2O)c1. The number of carbonyl (C=O) groups excluding carboxylic acids is 1. The van der Waals surface area contributed by atoms with E-state index >= 15 is 0 Å². The molecule has 1 aliphatic heterocycles. The molecule has 1 saturated heterocycles. The summed E-state index contributed by atoms with van der Waals surface area (Å²) in [6, 6.07) is 1.59. The molecule has 4 atom stereocenters. The van der Waals surface area contributed by atoms with Crippen LogP contribution in [0.4, 0.5) is 0 Å². The Morgan fingerprint density at radius 2 is 2.18 bits per heavy atom.